The van der Waals surface area contributed by atoms with Gasteiger partial charge in [-0.1, -0.05) is 6.07 Å². The van der Waals surface area contributed by atoms with Gasteiger partial charge >= 0.3 is 0 Å². The molecule has 29 heavy (non-hydrogen) atoms. The maximum Gasteiger partial charge on any atom is 0.225 e. The number of hydrogen-bond donors (Lipinski definition) is 0. The van der Waals surface area contributed by atoms with E-state index < -0.39 is 0 Å². The summed E-state index contributed by atoms with van der Waals surface area (Å²) in [4.78, 5) is 22.4. The van der Waals surface area contributed by atoms with Crippen molar-refractivity contribution in [1.29, 1.82) is 0 Å². The molecule has 1 atom stereocenters. The van der Waals surface area contributed by atoms with Gasteiger partial charge in [-0.15, -0.1) is 0 Å². The third-order valence-electron chi connectivity index (χ3n) is 6.38. The molecule has 1 aromatic heterocycles. The highest BCUT2D eigenvalue weighted by molar-refractivity contribution is 5.79. The SMILES string of the molecule is COc1ccc(-c2cccc([C@H]3CCCN(C(=O)C4CCN(C)CC4)C3)n2)cc1. The Morgan fingerprint density at radius 2 is 1.79 bits per heavy atom. The van der Waals surface area contributed by atoms with Crippen LogP contribution in [0.25, 0.3) is 11.3 Å². The van der Waals surface area contributed by atoms with E-state index in [2.05, 4.69) is 35.0 Å². The Morgan fingerprint density at radius 1 is 1.03 bits per heavy atom. The molecule has 154 valence electrons. The molecular formula is C24H31N3O2. The van der Waals surface area contributed by atoms with Gasteiger partial charge in [-0.25, -0.2) is 0 Å². The largest absolute Gasteiger partial charge is 0.497 e. The Hall–Kier alpha value is -2.40. The summed E-state index contributed by atoms with van der Waals surface area (Å²) < 4.78 is 5.25. The van der Waals surface area contributed by atoms with E-state index in [0.717, 1.165) is 74.6 Å². The molecule has 2 aliphatic rings. The number of piperidine rings is 2. The zero-order chi connectivity index (χ0) is 20.2. The van der Waals surface area contributed by atoms with E-state index in [9.17, 15) is 4.79 Å². The molecule has 0 unspecified atom stereocenters. The number of nitrogens with zero attached hydrogens (tertiary/aromatic N) is 3. The summed E-state index contributed by atoms with van der Waals surface area (Å²) in [6.45, 7) is 3.74. The lowest BCUT2D eigenvalue weighted by atomic mass is 9.90. The van der Waals surface area contributed by atoms with Crippen LogP contribution in [-0.4, -0.2) is 61.0 Å². The molecule has 0 N–H and O–H groups in total. The monoisotopic (exact) mass is 393 g/mol. The van der Waals surface area contributed by atoms with Gasteiger partial charge in [-0.3, -0.25) is 9.78 Å². The van der Waals surface area contributed by atoms with Gasteiger partial charge < -0.3 is 14.5 Å². The van der Waals surface area contributed by atoms with Crippen LogP contribution < -0.4 is 4.74 Å². The summed E-state index contributed by atoms with van der Waals surface area (Å²) in [6.07, 6.45) is 4.12. The zero-order valence-electron chi connectivity index (χ0n) is 17.5. The average molecular weight is 394 g/mol. The Bertz CT molecular complexity index is 828. The van der Waals surface area contributed by atoms with Gasteiger partial charge in [0.05, 0.1) is 12.8 Å². The van der Waals surface area contributed by atoms with E-state index in [0.29, 0.717) is 11.8 Å². The summed E-state index contributed by atoms with van der Waals surface area (Å²) >= 11 is 0. The van der Waals surface area contributed by atoms with Crippen molar-refractivity contribution in [3.8, 4) is 17.0 Å². The number of benzene rings is 1. The first kappa shape index (κ1) is 19.9. The van der Waals surface area contributed by atoms with Crippen molar-refractivity contribution in [1.82, 2.24) is 14.8 Å². The number of rotatable bonds is 4. The summed E-state index contributed by atoms with van der Waals surface area (Å²) in [5.41, 5.74) is 3.16. The lowest BCUT2D eigenvalue weighted by Gasteiger charge is -2.37. The topological polar surface area (TPSA) is 45.7 Å². The molecule has 0 aliphatic carbocycles. The maximum absolute atomic E-state index is 13.1. The molecule has 0 bridgehead atoms. The van der Waals surface area contributed by atoms with Gasteiger partial charge in [0.1, 0.15) is 5.75 Å². The highest BCUT2D eigenvalue weighted by Gasteiger charge is 2.31. The van der Waals surface area contributed by atoms with Crippen LogP contribution in [0.4, 0.5) is 0 Å². The van der Waals surface area contributed by atoms with Gasteiger partial charge in [0, 0.05) is 36.2 Å². The molecule has 0 radical (unpaired) electrons. The number of amides is 1. The van der Waals surface area contributed by atoms with Crippen molar-refractivity contribution >= 4 is 5.91 Å². The van der Waals surface area contributed by atoms with E-state index in [-0.39, 0.29) is 5.92 Å². The third-order valence-corrected chi connectivity index (χ3v) is 6.38. The summed E-state index contributed by atoms with van der Waals surface area (Å²) in [5, 5.41) is 0. The zero-order valence-corrected chi connectivity index (χ0v) is 17.5. The van der Waals surface area contributed by atoms with Crippen LogP contribution >= 0.6 is 0 Å². The first-order chi connectivity index (χ1) is 14.1. The number of carbonyl (C=O) groups is 1. The fourth-order valence-electron chi connectivity index (χ4n) is 4.53. The molecule has 2 fully saturated rings. The number of carbonyl (C=O) groups excluding carboxylic acids is 1. The van der Waals surface area contributed by atoms with Crippen molar-refractivity contribution in [3.63, 3.8) is 0 Å². The average Bonchev–Trinajstić information content (AvgIpc) is 2.79. The van der Waals surface area contributed by atoms with E-state index in [4.69, 9.17) is 9.72 Å². The molecule has 1 amide bonds. The van der Waals surface area contributed by atoms with Crippen LogP contribution in [-0.2, 0) is 4.79 Å². The third kappa shape index (κ3) is 4.61. The molecule has 1 aromatic carbocycles. The van der Waals surface area contributed by atoms with Gasteiger partial charge in [-0.05, 0) is 82.2 Å². The van der Waals surface area contributed by atoms with Crippen LogP contribution in [0, 0.1) is 5.92 Å². The summed E-state index contributed by atoms with van der Waals surface area (Å²) in [6, 6.07) is 14.3. The predicted octanol–water partition coefficient (Wildman–Crippen LogP) is 3.81. The van der Waals surface area contributed by atoms with Crippen molar-refractivity contribution in [2.24, 2.45) is 5.92 Å². The van der Waals surface area contributed by atoms with Crippen molar-refractivity contribution < 1.29 is 9.53 Å². The molecule has 5 nitrogen and oxygen atoms in total. The summed E-state index contributed by atoms with van der Waals surface area (Å²) in [7, 11) is 3.81. The Morgan fingerprint density at radius 3 is 2.52 bits per heavy atom. The molecular weight excluding hydrogens is 362 g/mol. The van der Waals surface area contributed by atoms with E-state index >= 15 is 0 Å². The summed E-state index contributed by atoms with van der Waals surface area (Å²) in [5.74, 6) is 1.72. The Kier molecular flexibility index (Phi) is 6.14. The second kappa shape index (κ2) is 8.95. The van der Waals surface area contributed by atoms with E-state index in [1.807, 2.05) is 24.3 Å². The second-order valence-electron chi connectivity index (χ2n) is 8.38. The molecule has 5 heteroatoms. The molecule has 2 aliphatic heterocycles. The molecule has 4 rings (SSSR count). The van der Waals surface area contributed by atoms with Crippen LogP contribution in [0.1, 0.15) is 37.3 Å². The van der Waals surface area contributed by atoms with Gasteiger partial charge in [0.25, 0.3) is 0 Å². The second-order valence-corrected chi connectivity index (χ2v) is 8.38. The molecule has 2 aromatic rings. The number of pyridine rings is 1. The highest BCUT2D eigenvalue weighted by Crippen LogP contribution is 2.30. The first-order valence-corrected chi connectivity index (χ1v) is 10.7. The predicted molar refractivity (Wildman–Crippen MR) is 115 cm³/mol. The van der Waals surface area contributed by atoms with Gasteiger partial charge in [-0.2, -0.15) is 0 Å². The van der Waals surface area contributed by atoms with Crippen molar-refractivity contribution in [2.45, 2.75) is 31.6 Å². The number of likely N-dealkylation sites (tertiary alicyclic amines) is 2. The fraction of sp³-hybridized carbons (Fsp3) is 0.500. The Labute approximate surface area is 173 Å². The van der Waals surface area contributed by atoms with Crippen LogP contribution in [0.2, 0.25) is 0 Å². The lowest BCUT2D eigenvalue weighted by molar-refractivity contribution is -0.138. The first-order valence-electron chi connectivity index (χ1n) is 10.7. The number of aromatic nitrogens is 1. The number of hydrogen-bond acceptors (Lipinski definition) is 4. The number of methoxy groups -OCH3 is 1. The normalized spacial score (nSPS) is 21.2. The Balaban J connectivity index is 1.46. The quantitative estimate of drug-likeness (QED) is 0.793. The minimum Gasteiger partial charge on any atom is -0.497 e. The number of ether oxygens (including phenoxy) is 1. The van der Waals surface area contributed by atoms with Gasteiger partial charge in [0.15, 0.2) is 0 Å². The van der Waals surface area contributed by atoms with Gasteiger partial charge in [0.2, 0.25) is 5.91 Å². The molecule has 0 spiro atoms. The molecule has 2 saturated heterocycles. The minimum atomic E-state index is 0.198. The fourth-order valence-corrected chi connectivity index (χ4v) is 4.53. The van der Waals surface area contributed by atoms with E-state index in [1.165, 1.54) is 0 Å². The van der Waals surface area contributed by atoms with Crippen molar-refractivity contribution in [3.05, 3.63) is 48.2 Å². The highest BCUT2D eigenvalue weighted by atomic mass is 16.5. The molecule has 0 saturated carbocycles. The van der Waals surface area contributed by atoms with Crippen molar-refractivity contribution in [2.75, 3.05) is 40.3 Å². The van der Waals surface area contributed by atoms with E-state index in [1.54, 1.807) is 7.11 Å². The molecule has 3 heterocycles. The lowest BCUT2D eigenvalue weighted by Crippen LogP contribution is -2.45. The standard InChI is InChI=1S/C24H31N3O2/c1-26-15-12-19(13-16-26)24(28)27-14-4-5-20(17-27)23-7-3-6-22(25-23)18-8-10-21(29-2)11-9-18/h3,6-11,19-20H,4-5,12-17H2,1-2H3/t20-/m0/s1. The maximum atomic E-state index is 13.1. The smallest absolute Gasteiger partial charge is 0.225 e. The van der Waals surface area contributed by atoms with Crippen LogP contribution in [0.15, 0.2) is 42.5 Å². The van der Waals surface area contributed by atoms with Crippen LogP contribution in [0.3, 0.4) is 0 Å². The minimum absolute atomic E-state index is 0.198. The van der Waals surface area contributed by atoms with Crippen LogP contribution in [0.5, 0.6) is 5.75 Å².